The third-order valence-electron chi connectivity index (χ3n) is 5.28. The number of halogens is 2. The Hall–Kier alpha value is -3.76. The van der Waals surface area contributed by atoms with Crippen molar-refractivity contribution in [3.63, 3.8) is 0 Å². The van der Waals surface area contributed by atoms with Crippen LogP contribution in [0.15, 0.2) is 68.0 Å². The Bertz CT molecular complexity index is 1620. The highest BCUT2D eigenvalue weighted by atomic mass is 35.5. The van der Waals surface area contributed by atoms with E-state index in [9.17, 15) is 14.0 Å². The predicted octanol–water partition coefficient (Wildman–Crippen LogP) is 4.17. The average molecular weight is 499 g/mol. The van der Waals surface area contributed by atoms with Gasteiger partial charge in [-0.25, -0.2) is 9.18 Å². The molecular weight excluding hydrogens is 483 g/mol. The van der Waals surface area contributed by atoms with Crippen LogP contribution in [0.2, 0.25) is 5.02 Å². The molecule has 0 spiro atoms. The molecule has 5 rings (SSSR count). The molecule has 5 aromatic rings. The molecule has 0 saturated carbocycles. The standard InChI is InChI=1S/C23H16ClFN4O4S/c1-32-15-5-2-13(3-6-15)11-29-22(30)20-18(8-9-34-20)28(23(29)31)12-19-26-21(27-33-19)14-4-7-16(24)17(25)10-14/h2-10H,11-12H2,1H3. The van der Waals surface area contributed by atoms with Crippen molar-refractivity contribution >= 4 is 33.2 Å². The summed E-state index contributed by atoms with van der Waals surface area (Å²) in [5.41, 5.74) is 0.749. The largest absolute Gasteiger partial charge is 0.497 e. The van der Waals surface area contributed by atoms with Gasteiger partial charge >= 0.3 is 5.69 Å². The van der Waals surface area contributed by atoms with Crippen molar-refractivity contribution in [1.82, 2.24) is 19.3 Å². The number of hydrogen-bond donors (Lipinski definition) is 0. The molecule has 0 aliphatic carbocycles. The smallest absolute Gasteiger partial charge is 0.332 e. The van der Waals surface area contributed by atoms with Crippen LogP contribution >= 0.6 is 22.9 Å². The minimum atomic E-state index is -0.604. The Morgan fingerprint density at radius 2 is 1.88 bits per heavy atom. The first-order chi connectivity index (χ1) is 16.4. The summed E-state index contributed by atoms with van der Waals surface area (Å²) in [7, 11) is 1.56. The SMILES string of the molecule is COc1ccc(Cn2c(=O)c3sccc3n(Cc3nc(-c4ccc(Cl)c(F)c4)no3)c2=O)cc1. The van der Waals surface area contributed by atoms with Gasteiger partial charge in [0, 0.05) is 5.56 Å². The van der Waals surface area contributed by atoms with Gasteiger partial charge in [-0.2, -0.15) is 4.98 Å². The third-order valence-corrected chi connectivity index (χ3v) is 6.47. The summed E-state index contributed by atoms with van der Waals surface area (Å²) in [5.74, 6) is 0.364. The summed E-state index contributed by atoms with van der Waals surface area (Å²) >= 11 is 6.98. The van der Waals surface area contributed by atoms with Crippen LogP contribution in [-0.4, -0.2) is 26.4 Å². The van der Waals surface area contributed by atoms with Gasteiger partial charge in [0.25, 0.3) is 5.56 Å². The van der Waals surface area contributed by atoms with Crippen LogP contribution in [0, 0.1) is 5.82 Å². The molecule has 0 radical (unpaired) electrons. The van der Waals surface area contributed by atoms with E-state index < -0.39 is 11.5 Å². The lowest BCUT2D eigenvalue weighted by atomic mass is 10.2. The first-order valence-corrected chi connectivity index (χ1v) is 11.3. The molecular formula is C23H16ClFN4O4S. The Morgan fingerprint density at radius 3 is 2.62 bits per heavy atom. The first-order valence-electron chi connectivity index (χ1n) is 10.1. The van der Waals surface area contributed by atoms with E-state index in [4.69, 9.17) is 20.9 Å². The fourth-order valence-corrected chi connectivity index (χ4v) is 4.51. The van der Waals surface area contributed by atoms with E-state index in [0.29, 0.717) is 21.5 Å². The van der Waals surface area contributed by atoms with Crippen molar-refractivity contribution in [2.24, 2.45) is 0 Å². The van der Waals surface area contributed by atoms with Gasteiger partial charge < -0.3 is 9.26 Å². The Morgan fingerprint density at radius 1 is 1.09 bits per heavy atom. The third kappa shape index (κ3) is 4.02. The number of fused-ring (bicyclic) bond motifs is 1. The zero-order valence-corrected chi connectivity index (χ0v) is 19.3. The number of nitrogens with zero attached hydrogens (tertiary/aromatic N) is 4. The van der Waals surface area contributed by atoms with E-state index in [2.05, 4.69) is 10.1 Å². The summed E-state index contributed by atoms with van der Waals surface area (Å²) < 4.78 is 27.3. The van der Waals surface area contributed by atoms with Gasteiger partial charge in [0.2, 0.25) is 11.7 Å². The second kappa shape index (κ2) is 8.88. The van der Waals surface area contributed by atoms with Gasteiger partial charge in [-0.15, -0.1) is 11.3 Å². The fraction of sp³-hybridized carbons (Fsp3) is 0.130. The van der Waals surface area contributed by atoms with Gasteiger partial charge in [-0.05, 0) is 47.3 Å². The zero-order valence-electron chi connectivity index (χ0n) is 17.7. The van der Waals surface area contributed by atoms with E-state index in [0.717, 1.165) is 5.56 Å². The van der Waals surface area contributed by atoms with Crippen molar-refractivity contribution < 1.29 is 13.7 Å². The molecule has 0 saturated heterocycles. The maximum absolute atomic E-state index is 13.8. The second-order valence-corrected chi connectivity index (χ2v) is 8.71. The molecule has 0 aliphatic heterocycles. The first kappa shape index (κ1) is 22.1. The van der Waals surface area contributed by atoms with Crippen LogP contribution in [-0.2, 0) is 13.1 Å². The van der Waals surface area contributed by atoms with E-state index >= 15 is 0 Å². The highest BCUT2D eigenvalue weighted by Crippen LogP contribution is 2.23. The molecule has 3 heterocycles. The van der Waals surface area contributed by atoms with Crippen molar-refractivity contribution in [1.29, 1.82) is 0 Å². The summed E-state index contributed by atoms with van der Waals surface area (Å²) in [5, 5.41) is 5.62. The van der Waals surface area contributed by atoms with E-state index in [1.807, 2.05) is 0 Å². The Labute approximate surface area is 200 Å². The van der Waals surface area contributed by atoms with Crippen molar-refractivity contribution in [2.45, 2.75) is 13.1 Å². The lowest BCUT2D eigenvalue weighted by molar-refractivity contribution is 0.369. The predicted molar refractivity (Wildman–Crippen MR) is 126 cm³/mol. The summed E-state index contributed by atoms with van der Waals surface area (Å²) in [6.45, 7) is 0.0344. The monoisotopic (exact) mass is 498 g/mol. The van der Waals surface area contributed by atoms with Crippen LogP contribution in [0.25, 0.3) is 21.6 Å². The van der Waals surface area contributed by atoms with Gasteiger partial charge in [-0.1, -0.05) is 28.9 Å². The summed E-state index contributed by atoms with van der Waals surface area (Å²) in [6.07, 6.45) is 0. The van der Waals surface area contributed by atoms with E-state index in [-0.39, 0.29) is 35.4 Å². The Balaban J connectivity index is 1.53. The van der Waals surface area contributed by atoms with Gasteiger partial charge in [0.15, 0.2) is 0 Å². The number of ether oxygens (including phenoxy) is 1. The molecule has 0 atom stereocenters. The zero-order chi connectivity index (χ0) is 23.8. The highest BCUT2D eigenvalue weighted by Gasteiger charge is 2.18. The average Bonchev–Trinajstić information content (AvgIpc) is 3.52. The van der Waals surface area contributed by atoms with Crippen LogP contribution in [0.5, 0.6) is 5.75 Å². The molecule has 0 aliphatic rings. The second-order valence-electron chi connectivity index (χ2n) is 7.38. The summed E-state index contributed by atoms with van der Waals surface area (Å²) in [6, 6.07) is 13.0. The number of benzene rings is 2. The van der Waals surface area contributed by atoms with Crippen LogP contribution in [0.1, 0.15) is 11.5 Å². The molecule has 172 valence electrons. The molecule has 8 nitrogen and oxygen atoms in total. The highest BCUT2D eigenvalue weighted by molar-refractivity contribution is 7.17. The number of aromatic nitrogens is 4. The molecule has 0 amide bonds. The fourth-order valence-electron chi connectivity index (χ4n) is 3.55. The van der Waals surface area contributed by atoms with Crippen molar-refractivity contribution in [3.8, 4) is 17.1 Å². The lowest BCUT2D eigenvalue weighted by Crippen LogP contribution is -2.40. The molecule has 11 heteroatoms. The molecule has 2 aromatic carbocycles. The molecule has 0 fully saturated rings. The van der Waals surface area contributed by atoms with Crippen LogP contribution in [0.3, 0.4) is 0 Å². The maximum atomic E-state index is 13.8. The number of thiophene rings is 1. The van der Waals surface area contributed by atoms with Crippen molar-refractivity contribution in [2.75, 3.05) is 7.11 Å². The van der Waals surface area contributed by atoms with E-state index in [1.165, 1.54) is 32.6 Å². The number of methoxy groups -OCH3 is 1. The van der Waals surface area contributed by atoms with Crippen LogP contribution in [0.4, 0.5) is 4.39 Å². The minimum Gasteiger partial charge on any atom is -0.497 e. The molecule has 0 unspecified atom stereocenters. The van der Waals surface area contributed by atoms with Crippen molar-refractivity contribution in [3.05, 3.63) is 97.0 Å². The topological polar surface area (TPSA) is 92.2 Å². The normalized spacial score (nSPS) is 11.3. The number of hydrogen-bond acceptors (Lipinski definition) is 7. The quantitative estimate of drug-likeness (QED) is 0.349. The molecule has 3 aromatic heterocycles. The van der Waals surface area contributed by atoms with Crippen LogP contribution < -0.4 is 16.0 Å². The minimum absolute atomic E-state index is 0.0158. The van der Waals surface area contributed by atoms with Gasteiger partial charge in [0.05, 0.1) is 24.2 Å². The number of rotatable bonds is 6. The van der Waals surface area contributed by atoms with Gasteiger partial charge in [0.1, 0.15) is 22.8 Å². The summed E-state index contributed by atoms with van der Waals surface area (Å²) in [4.78, 5) is 30.7. The van der Waals surface area contributed by atoms with E-state index in [1.54, 1.807) is 48.9 Å². The lowest BCUT2D eigenvalue weighted by Gasteiger charge is -2.11. The Kier molecular flexibility index (Phi) is 5.76. The maximum Gasteiger partial charge on any atom is 0.332 e. The molecule has 0 bridgehead atoms. The molecule has 0 N–H and O–H groups in total. The molecule has 34 heavy (non-hydrogen) atoms. The van der Waals surface area contributed by atoms with Gasteiger partial charge in [-0.3, -0.25) is 13.9 Å².